The third-order valence-electron chi connectivity index (χ3n) is 5.07. The molecule has 164 valence electrons. The van der Waals surface area contributed by atoms with Crippen LogP contribution in [0.4, 0.5) is 5.82 Å². The van der Waals surface area contributed by atoms with Crippen LogP contribution in [-0.2, 0) is 9.47 Å². The van der Waals surface area contributed by atoms with E-state index in [-0.39, 0.29) is 11.4 Å². The van der Waals surface area contributed by atoms with Gasteiger partial charge in [-0.2, -0.15) is 0 Å². The standard InChI is InChI=1S/C24H24N4O4/c1-3-5-14-32-24(30)19-20-22(27-18-9-7-6-8-17(18)26-20)28(21(19)25)16-12-10-15(11-13-16)23(29)31-4-2/h6-13H,3-5,14,25H2,1-2H3. The lowest BCUT2D eigenvalue weighted by Crippen LogP contribution is -2.10. The van der Waals surface area contributed by atoms with E-state index in [2.05, 4.69) is 4.98 Å². The van der Waals surface area contributed by atoms with Crippen LogP contribution in [0.3, 0.4) is 0 Å². The molecule has 0 aliphatic rings. The normalized spacial score (nSPS) is 11.1. The molecule has 0 spiro atoms. The van der Waals surface area contributed by atoms with Crippen LogP contribution < -0.4 is 5.73 Å². The molecule has 4 aromatic rings. The lowest BCUT2D eigenvalue weighted by Gasteiger charge is -2.09. The van der Waals surface area contributed by atoms with Gasteiger partial charge in [-0.15, -0.1) is 0 Å². The van der Waals surface area contributed by atoms with Crippen LogP contribution in [-0.4, -0.2) is 39.7 Å². The molecule has 0 amide bonds. The number of carbonyl (C=O) groups excluding carboxylic acids is 2. The van der Waals surface area contributed by atoms with Crippen molar-refractivity contribution in [2.45, 2.75) is 26.7 Å². The molecule has 2 aromatic carbocycles. The summed E-state index contributed by atoms with van der Waals surface area (Å²) in [5.41, 5.74) is 9.82. The van der Waals surface area contributed by atoms with Gasteiger partial charge in [0.05, 0.1) is 29.8 Å². The lowest BCUT2D eigenvalue weighted by atomic mass is 10.2. The van der Waals surface area contributed by atoms with Gasteiger partial charge in [-0.1, -0.05) is 25.5 Å². The zero-order valence-corrected chi connectivity index (χ0v) is 18.0. The average Bonchev–Trinajstić information content (AvgIpc) is 3.08. The minimum Gasteiger partial charge on any atom is -0.462 e. The number of nitrogen functional groups attached to an aromatic ring is 1. The lowest BCUT2D eigenvalue weighted by molar-refractivity contribution is 0.0499. The Hall–Kier alpha value is -3.94. The van der Waals surface area contributed by atoms with Crippen molar-refractivity contribution in [2.24, 2.45) is 0 Å². The molecule has 0 fully saturated rings. The number of benzene rings is 2. The Morgan fingerprint density at radius 1 is 0.938 bits per heavy atom. The second-order valence-corrected chi connectivity index (χ2v) is 7.24. The van der Waals surface area contributed by atoms with E-state index in [0.29, 0.717) is 46.7 Å². The third-order valence-corrected chi connectivity index (χ3v) is 5.07. The number of esters is 2. The summed E-state index contributed by atoms with van der Waals surface area (Å²) >= 11 is 0. The van der Waals surface area contributed by atoms with Crippen molar-refractivity contribution in [2.75, 3.05) is 18.9 Å². The van der Waals surface area contributed by atoms with E-state index in [9.17, 15) is 9.59 Å². The molecule has 0 saturated heterocycles. The Labute approximate surface area is 185 Å². The number of carbonyl (C=O) groups is 2. The topological polar surface area (TPSA) is 109 Å². The van der Waals surface area contributed by atoms with Crippen molar-refractivity contribution in [1.82, 2.24) is 14.5 Å². The summed E-state index contributed by atoms with van der Waals surface area (Å²) in [4.78, 5) is 34.3. The van der Waals surface area contributed by atoms with Crippen LogP contribution in [0.5, 0.6) is 0 Å². The van der Waals surface area contributed by atoms with Crippen LogP contribution in [0.2, 0.25) is 0 Å². The van der Waals surface area contributed by atoms with Crippen LogP contribution in [0.1, 0.15) is 47.4 Å². The highest BCUT2D eigenvalue weighted by molar-refractivity contribution is 6.09. The average molecular weight is 432 g/mol. The predicted octanol–water partition coefficient (Wildman–Crippen LogP) is 4.29. The first-order valence-corrected chi connectivity index (χ1v) is 10.6. The SMILES string of the molecule is CCCCOC(=O)c1c(N)n(-c2ccc(C(=O)OCC)cc2)c2nc3ccccc3nc12. The Balaban J connectivity index is 1.88. The first-order chi connectivity index (χ1) is 15.5. The van der Waals surface area contributed by atoms with Crippen molar-refractivity contribution in [1.29, 1.82) is 0 Å². The first kappa shape index (κ1) is 21.3. The molecular formula is C24H24N4O4. The van der Waals surface area contributed by atoms with Crippen LogP contribution in [0, 0.1) is 0 Å². The van der Waals surface area contributed by atoms with E-state index in [4.69, 9.17) is 20.2 Å². The van der Waals surface area contributed by atoms with Crippen LogP contribution in [0.15, 0.2) is 48.5 Å². The maximum Gasteiger partial charge on any atom is 0.344 e. The Kier molecular flexibility index (Phi) is 6.02. The zero-order chi connectivity index (χ0) is 22.7. The van der Waals surface area contributed by atoms with E-state index in [0.717, 1.165) is 12.8 Å². The van der Waals surface area contributed by atoms with Gasteiger partial charge in [0.2, 0.25) is 0 Å². The molecule has 8 heteroatoms. The van der Waals surface area contributed by atoms with Crippen molar-refractivity contribution in [3.05, 3.63) is 59.7 Å². The fraction of sp³-hybridized carbons (Fsp3) is 0.250. The summed E-state index contributed by atoms with van der Waals surface area (Å²) in [6.07, 6.45) is 1.66. The number of aromatic nitrogens is 3. The van der Waals surface area contributed by atoms with Crippen molar-refractivity contribution >= 4 is 40.0 Å². The van der Waals surface area contributed by atoms with Gasteiger partial charge in [-0.25, -0.2) is 19.6 Å². The molecule has 2 N–H and O–H groups in total. The van der Waals surface area contributed by atoms with Gasteiger partial charge < -0.3 is 15.2 Å². The molecule has 8 nitrogen and oxygen atoms in total. The largest absolute Gasteiger partial charge is 0.462 e. The highest BCUT2D eigenvalue weighted by Crippen LogP contribution is 2.31. The molecular weight excluding hydrogens is 408 g/mol. The van der Waals surface area contributed by atoms with Crippen LogP contribution >= 0.6 is 0 Å². The summed E-state index contributed by atoms with van der Waals surface area (Å²) in [5.74, 6) is -0.761. The molecule has 32 heavy (non-hydrogen) atoms. The summed E-state index contributed by atoms with van der Waals surface area (Å²) < 4.78 is 12.1. The third kappa shape index (κ3) is 3.87. The zero-order valence-electron chi connectivity index (χ0n) is 18.0. The van der Waals surface area contributed by atoms with E-state index >= 15 is 0 Å². The molecule has 0 aliphatic carbocycles. The molecule has 2 heterocycles. The van der Waals surface area contributed by atoms with Crippen molar-refractivity contribution in [3.8, 4) is 5.69 Å². The van der Waals surface area contributed by atoms with E-state index in [1.807, 2.05) is 31.2 Å². The van der Waals surface area contributed by atoms with Gasteiger partial charge in [0.1, 0.15) is 16.9 Å². The highest BCUT2D eigenvalue weighted by Gasteiger charge is 2.26. The van der Waals surface area contributed by atoms with E-state index in [1.54, 1.807) is 35.8 Å². The van der Waals surface area contributed by atoms with Gasteiger partial charge >= 0.3 is 11.9 Å². The van der Waals surface area contributed by atoms with Crippen molar-refractivity contribution in [3.63, 3.8) is 0 Å². The smallest absolute Gasteiger partial charge is 0.344 e. The van der Waals surface area contributed by atoms with E-state index < -0.39 is 11.9 Å². The molecule has 0 radical (unpaired) electrons. The van der Waals surface area contributed by atoms with Crippen LogP contribution in [0.25, 0.3) is 27.9 Å². The maximum absolute atomic E-state index is 12.9. The summed E-state index contributed by atoms with van der Waals surface area (Å²) in [7, 11) is 0. The monoisotopic (exact) mass is 432 g/mol. The molecule has 0 saturated carbocycles. The first-order valence-electron chi connectivity index (χ1n) is 10.6. The molecule has 0 unspecified atom stereocenters. The number of unbranched alkanes of at least 4 members (excludes halogenated alkanes) is 1. The van der Waals surface area contributed by atoms with Gasteiger partial charge in [-0.3, -0.25) is 4.57 Å². The number of fused-ring (bicyclic) bond motifs is 2. The Morgan fingerprint density at radius 3 is 2.28 bits per heavy atom. The quantitative estimate of drug-likeness (QED) is 0.343. The van der Waals surface area contributed by atoms with Crippen molar-refractivity contribution < 1.29 is 19.1 Å². The number of rotatable bonds is 7. The van der Waals surface area contributed by atoms with Gasteiger partial charge in [0.15, 0.2) is 5.65 Å². The minimum absolute atomic E-state index is 0.181. The molecule has 0 aliphatic heterocycles. The highest BCUT2D eigenvalue weighted by atomic mass is 16.5. The fourth-order valence-corrected chi connectivity index (χ4v) is 3.47. The Morgan fingerprint density at radius 2 is 1.62 bits per heavy atom. The Bertz CT molecular complexity index is 1300. The summed E-state index contributed by atoms with van der Waals surface area (Å²) in [6.45, 7) is 4.37. The molecule has 4 rings (SSSR count). The van der Waals surface area contributed by atoms with Gasteiger partial charge in [-0.05, 0) is 49.7 Å². The summed E-state index contributed by atoms with van der Waals surface area (Å²) in [6, 6.07) is 14.1. The molecule has 0 bridgehead atoms. The molecule has 2 aromatic heterocycles. The summed E-state index contributed by atoms with van der Waals surface area (Å²) in [5, 5.41) is 0. The second kappa shape index (κ2) is 9.05. The number of ether oxygens (including phenoxy) is 2. The number of hydrogen-bond donors (Lipinski definition) is 1. The predicted molar refractivity (Wildman–Crippen MR) is 122 cm³/mol. The minimum atomic E-state index is -0.535. The maximum atomic E-state index is 12.9. The number of hydrogen-bond acceptors (Lipinski definition) is 7. The number of para-hydroxylation sites is 2. The van der Waals surface area contributed by atoms with E-state index in [1.165, 1.54) is 0 Å². The van der Waals surface area contributed by atoms with Gasteiger partial charge in [0, 0.05) is 5.69 Å². The number of nitrogens with two attached hydrogens (primary N) is 1. The second-order valence-electron chi connectivity index (χ2n) is 7.24. The molecule has 0 atom stereocenters. The number of nitrogens with zero attached hydrogens (tertiary/aromatic N) is 3. The number of anilines is 1. The fourth-order valence-electron chi connectivity index (χ4n) is 3.47. The van der Waals surface area contributed by atoms with Gasteiger partial charge in [0.25, 0.3) is 0 Å².